The summed E-state index contributed by atoms with van der Waals surface area (Å²) in [7, 11) is -2.21. The molecule has 28 heavy (non-hydrogen) atoms. The van der Waals surface area contributed by atoms with Gasteiger partial charge in [0.1, 0.15) is 5.82 Å². The Labute approximate surface area is 161 Å². The fourth-order valence-corrected chi connectivity index (χ4v) is 3.78. The minimum Gasteiger partial charge on any atom is -0.333 e. The number of hydrogen-bond donors (Lipinski definition) is 1. The molecule has 0 atom stereocenters. The molecule has 0 saturated heterocycles. The van der Waals surface area contributed by atoms with Crippen LogP contribution in [0.3, 0.4) is 0 Å². The molecule has 2 aromatic carbocycles. The predicted octanol–water partition coefficient (Wildman–Crippen LogP) is 2.82. The van der Waals surface area contributed by atoms with Gasteiger partial charge in [-0.25, -0.2) is 18.5 Å². The summed E-state index contributed by atoms with van der Waals surface area (Å²) in [6, 6.07) is 15.2. The van der Waals surface area contributed by atoms with E-state index < -0.39 is 10.0 Å². The lowest BCUT2D eigenvalue weighted by molar-refractivity contribution is 0.594. The zero-order valence-corrected chi connectivity index (χ0v) is 15.7. The Morgan fingerprint density at radius 2 is 1.79 bits per heavy atom. The smallest absolute Gasteiger partial charge is 0.257 e. The first kappa shape index (κ1) is 17.9. The standard InChI is InChI=1S/C20H15N5O2S/c1-25-12-19(28(22,26)27)24-20(25)17-8-9-23-11-18(17)16-7-6-13(10-21)14-4-2-3-5-15(14)16/h2-9,11-12H,1H3,(H2,22,26,27). The van der Waals surface area contributed by atoms with Gasteiger partial charge in [0.25, 0.3) is 10.0 Å². The molecule has 7 nitrogen and oxygen atoms in total. The molecule has 2 aromatic heterocycles. The fourth-order valence-electron chi connectivity index (χ4n) is 3.26. The van der Waals surface area contributed by atoms with Crippen LogP contribution in [-0.4, -0.2) is 23.0 Å². The quantitative estimate of drug-likeness (QED) is 0.578. The Hall–Kier alpha value is -3.54. The van der Waals surface area contributed by atoms with Crippen LogP contribution in [0.1, 0.15) is 5.56 Å². The van der Waals surface area contributed by atoms with Crippen LogP contribution in [-0.2, 0) is 17.1 Å². The van der Waals surface area contributed by atoms with Gasteiger partial charge in [0.15, 0.2) is 5.03 Å². The van der Waals surface area contributed by atoms with Crippen LogP contribution < -0.4 is 5.14 Å². The SMILES string of the molecule is Cn1cc(S(N)(=O)=O)nc1-c1ccncc1-c1ccc(C#N)c2ccccc12. The molecule has 8 heteroatoms. The summed E-state index contributed by atoms with van der Waals surface area (Å²) in [4.78, 5) is 8.46. The van der Waals surface area contributed by atoms with E-state index in [2.05, 4.69) is 16.0 Å². The summed E-state index contributed by atoms with van der Waals surface area (Å²) < 4.78 is 25.0. The molecule has 0 amide bonds. The Kier molecular flexibility index (Phi) is 4.19. The maximum absolute atomic E-state index is 11.7. The Morgan fingerprint density at radius 3 is 2.46 bits per heavy atom. The van der Waals surface area contributed by atoms with Crippen LogP contribution in [0.4, 0.5) is 0 Å². The van der Waals surface area contributed by atoms with Crippen LogP contribution in [0.2, 0.25) is 0 Å². The highest BCUT2D eigenvalue weighted by Crippen LogP contribution is 2.36. The summed E-state index contributed by atoms with van der Waals surface area (Å²) in [6.45, 7) is 0. The molecule has 0 aliphatic carbocycles. The normalized spacial score (nSPS) is 11.5. The number of rotatable bonds is 3. The van der Waals surface area contributed by atoms with Gasteiger partial charge < -0.3 is 4.57 Å². The highest BCUT2D eigenvalue weighted by molar-refractivity contribution is 7.89. The monoisotopic (exact) mass is 389 g/mol. The molecule has 0 aliphatic rings. The Morgan fingerprint density at radius 1 is 1.04 bits per heavy atom. The maximum atomic E-state index is 11.7. The first-order chi connectivity index (χ1) is 13.4. The minimum atomic E-state index is -3.92. The molecule has 0 bridgehead atoms. The minimum absolute atomic E-state index is 0.197. The van der Waals surface area contributed by atoms with Gasteiger partial charge in [-0.2, -0.15) is 5.26 Å². The number of pyridine rings is 1. The van der Waals surface area contributed by atoms with Gasteiger partial charge in [-0.05, 0) is 23.1 Å². The number of fused-ring (bicyclic) bond motifs is 1. The van der Waals surface area contributed by atoms with Crippen molar-refractivity contribution in [1.29, 1.82) is 5.26 Å². The van der Waals surface area contributed by atoms with E-state index in [4.69, 9.17) is 5.14 Å². The van der Waals surface area contributed by atoms with E-state index in [-0.39, 0.29) is 5.03 Å². The third kappa shape index (κ3) is 2.93. The highest BCUT2D eigenvalue weighted by atomic mass is 32.2. The highest BCUT2D eigenvalue weighted by Gasteiger charge is 2.19. The second kappa shape index (κ2) is 6.56. The van der Waals surface area contributed by atoms with Crippen molar-refractivity contribution in [3.63, 3.8) is 0 Å². The van der Waals surface area contributed by atoms with Gasteiger partial charge >= 0.3 is 0 Å². The third-order valence-corrected chi connectivity index (χ3v) is 5.32. The van der Waals surface area contributed by atoms with Crippen molar-refractivity contribution in [2.45, 2.75) is 5.03 Å². The molecule has 2 N–H and O–H groups in total. The van der Waals surface area contributed by atoms with Gasteiger partial charge in [-0.3, -0.25) is 4.98 Å². The van der Waals surface area contributed by atoms with Crippen molar-refractivity contribution in [3.8, 4) is 28.6 Å². The molecule has 0 radical (unpaired) electrons. The predicted molar refractivity (Wildman–Crippen MR) is 105 cm³/mol. The lowest BCUT2D eigenvalue weighted by Crippen LogP contribution is -2.12. The summed E-state index contributed by atoms with van der Waals surface area (Å²) in [6.07, 6.45) is 4.70. The number of nitriles is 1. The summed E-state index contributed by atoms with van der Waals surface area (Å²) in [5.74, 6) is 0.454. The van der Waals surface area contributed by atoms with Gasteiger partial charge in [0.2, 0.25) is 0 Å². The topological polar surface area (TPSA) is 115 Å². The van der Waals surface area contributed by atoms with Crippen molar-refractivity contribution >= 4 is 20.8 Å². The zero-order chi connectivity index (χ0) is 19.9. The van der Waals surface area contributed by atoms with Crippen molar-refractivity contribution < 1.29 is 8.42 Å². The number of benzene rings is 2. The third-order valence-electron chi connectivity index (χ3n) is 4.54. The number of imidazole rings is 1. The van der Waals surface area contributed by atoms with Crippen LogP contribution in [0.25, 0.3) is 33.3 Å². The van der Waals surface area contributed by atoms with E-state index >= 15 is 0 Å². The van der Waals surface area contributed by atoms with Crippen molar-refractivity contribution in [2.75, 3.05) is 0 Å². The summed E-state index contributed by atoms with van der Waals surface area (Å²) >= 11 is 0. The van der Waals surface area contributed by atoms with Gasteiger partial charge in [0, 0.05) is 42.2 Å². The van der Waals surface area contributed by atoms with Gasteiger partial charge in [-0.15, -0.1) is 0 Å². The molecule has 2 heterocycles. The van der Waals surface area contributed by atoms with Crippen LogP contribution >= 0.6 is 0 Å². The number of nitrogens with two attached hydrogens (primary N) is 1. The molecule has 0 aliphatic heterocycles. The number of sulfonamides is 1. The zero-order valence-electron chi connectivity index (χ0n) is 14.9. The molecule has 138 valence electrons. The second-order valence-corrected chi connectivity index (χ2v) is 7.81. The molecule has 0 spiro atoms. The Balaban J connectivity index is 2.01. The second-order valence-electron chi connectivity index (χ2n) is 6.30. The maximum Gasteiger partial charge on any atom is 0.257 e. The molecule has 0 unspecified atom stereocenters. The first-order valence-corrected chi connectivity index (χ1v) is 9.87. The number of nitrogens with zero attached hydrogens (tertiary/aromatic N) is 4. The van der Waals surface area contributed by atoms with Crippen molar-refractivity contribution in [1.82, 2.24) is 14.5 Å². The van der Waals surface area contributed by atoms with Gasteiger partial charge in [-0.1, -0.05) is 30.3 Å². The van der Waals surface area contributed by atoms with E-state index in [0.717, 1.165) is 21.9 Å². The molecule has 0 fully saturated rings. The Bertz CT molecular complexity index is 1370. The lowest BCUT2D eigenvalue weighted by atomic mass is 9.93. The molecular formula is C20H15N5O2S. The number of aromatic nitrogens is 3. The van der Waals surface area contributed by atoms with Crippen LogP contribution in [0.5, 0.6) is 0 Å². The fraction of sp³-hybridized carbons (Fsp3) is 0.0500. The molecule has 4 aromatic rings. The van der Waals surface area contributed by atoms with Crippen molar-refractivity contribution in [2.24, 2.45) is 12.2 Å². The van der Waals surface area contributed by atoms with E-state index in [1.807, 2.05) is 30.3 Å². The number of primary sulfonamides is 1. The first-order valence-electron chi connectivity index (χ1n) is 8.33. The molecular weight excluding hydrogens is 374 g/mol. The number of hydrogen-bond acceptors (Lipinski definition) is 5. The molecule has 0 saturated carbocycles. The van der Waals surface area contributed by atoms with Gasteiger partial charge in [0.05, 0.1) is 11.6 Å². The van der Waals surface area contributed by atoms with E-state index in [1.165, 1.54) is 6.20 Å². The van der Waals surface area contributed by atoms with E-state index in [0.29, 0.717) is 17.0 Å². The van der Waals surface area contributed by atoms with E-state index in [1.54, 1.807) is 36.1 Å². The van der Waals surface area contributed by atoms with E-state index in [9.17, 15) is 13.7 Å². The number of aryl methyl sites for hydroxylation is 1. The van der Waals surface area contributed by atoms with Crippen LogP contribution in [0, 0.1) is 11.3 Å². The van der Waals surface area contributed by atoms with Crippen molar-refractivity contribution in [3.05, 3.63) is 66.6 Å². The summed E-state index contributed by atoms with van der Waals surface area (Å²) in [5, 5.41) is 16.2. The summed E-state index contributed by atoms with van der Waals surface area (Å²) in [5.41, 5.74) is 2.94. The average Bonchev–Trinajstić information content (AvgIpc) is 3.09. The lowest BCUT2D eigenvalue weighted by Gasteiger charge is -2.12. The molecule has 4 rings (SSSR count). The largest absolute Gasteiger partial charge is 0.333 e. The van der Waals surface area contributed by atoms with Crippen LogP contribution in [0.15, 0.2) is 66.1 Å². The average molecular weight is 389 g/mol.